The van der Waals surface area contributed by atoms with Crippen LogP contribution >= 0.6 is 0 Å². The summed E-state index contributed by atoms with van der Waals surface area (Å²) >= 11 is 0. The third-order valence-corrected chi connectivity index (χ3v) is 2.87. The fourth-order valence-electron chi connectivity index (χ4n) is 1.95. The van der Waals surface area contributed by atoms with Crippen LogP contribution in [-0.4, -0.2) is 50.0 Å². The minimum atomic E-state index is -0.723. The van der Waals surface area contributed by atoms with Gasteiger partial charge < -0.3 is 15.5 Å². The van der Waals surface area contributed by atoms with Crippen LogP contribution in [0.2, 0.25) is 0 Å². The second-order valence-corrected chi connectivity index (χ2v) is 4.25. The zero-order chi connectivity index (χ0) is 11.5. The van der Waals surface area contributed by atoms with Crippen molar-refractivity contribution in [3.8, 4) is 0 Å². The molecule has 2 heterocycles. The van der Waals surface area contributed by atoms with E-state index in [4.69, 9.17) is 0 Å². The van der Waals surface area contributed by atoms with Gasteiger partial charge in [0.15, 0.2) is 0 Å². The van der Waals surface area contributed by atoms with Crippen LogP contribution in [-0.2, 0) is 13.0 Å². The highest BCUT2D eigenvalue weighted by atomic mass is 16.3. The lowest BCUT2D eigenvalue weighted by atomic mass is 10.1. The van der Waals surface area contributed by atoms with Crippen LogP contribution < -0.4 is 5.32 Å². The summed E-state index contributed by atoms with van der Waals surface area (Å²) in [5.74, 6) is 0. The van der Waals surface area contributed by atoms with Crippen molar-refractivity contribution in [3.63, 3.8) is 0 Å². The predicted molar refractivity (Wildman–Crippen MR) is 57.8 cm³/mol. The number of aliphatic hydroxyl groups excluding tert-OH is 2. The molecule has 3 N–H and O–H groups in total. The number of hydrogen-bond acceptors (Lipinski definition) is 5. The van der Waals surface area contributed by atoms with Gasteiger partial charge in [-0.3, -0.25) is 4.68 Å². The molecule has 16 heavy (non-hydrogen) atoms. The topological polar surface area (TPSA) is 83.2 Å². The highest BCUT2D eigenvalue weighted by molar-refractivity contribution is 4.95. The fourth-order valence-corrected chi connectivity index (χ4v) is 1.95. The maximum absolute atomic E-state index is 9.65. The molecule has 0 radical (unpaired) electrons. The Balaban J connectivity index is 1.93. The van der Waals surface area contributed by atoms with Gasteiger partial charge in [0.2, 0.25) is 0 Å². The summed E-state index contributed by atoms with van der Waals surface area (Å²) in [6.07, 6.45) is 2.45. The van der Waals surface area contributed by atoms with Crippen LogP contribution in [0.4, 0.5) is 0 Å². The number of β-amino-alcohol motifs (C(OH)–C–C–N with tert-alkyl or cyclic N) is 1. The molecule has 1 aromatic heterocycles. The fraction of sp³-hybridized carbons (Fsp3) is 0.800. The monoisotopic (exact) mass is 226 g/mol. The Morgan fingerprint density at radius 2 is 2.38 bits per heavy atom. The van der Waals surface area contributed by atoms with Crippen LogP contribution in [0.15, 0.2) is 6.20 Å². The summed E-state index contributed by atoms with van der Waals surface area (Å²) < 4.78 is 1.71. The first-order chi connectivity index (χ1) is 7.70. The molecule has 0 aliphatic carbocycles. The van der Waals surface area contributed by atoms with Gasteiger partial charge in [0, 0.05) is 12.7 Å². The lowest BCUT2D eigenvalue weighted by Crippen LogP contribution is -2.36. The van der Waals surface area contributed by atoms with Gasteiger partial charge in [0.25, 0.3) is 0 Å². The first kappa shape index (κ1) is 11.5. The molecular weight excluding hydrogens is 208 g/mol. The third kappa shape index (κ3) is 2.40. The molecule has 1 saturated heterocycles. The maximum Gasteiger partial charge on any atom is 0.0982 e. The van der Waals surface area contributed by atoms with Crippen LogP contribution in [0, 0.1) is 0 Å². The van der Waals surface area contributed by atoms with Gasteiger partial charge in [-0.25, -0.2) is 0 Å². The molecule has 1 aliphatic rings. The molecule has 0 aromatic carbocycles. The van der Waals surface area contributed by atoms with Gasteiger partial charge in [-0.2, -0.15) is 0 Å². The molecule has 1 fully saturated rings. The SMILES string of the molecule is CCCc1cn(C[C@H]2NC[C@@H](O)[C@H]2O)nn1. The summed E-state index contributed by atoms with van der Waals surface area (Å²) in [4.78, 5) is 0. The quantitative estimate of drug-likeness (QED) is 0.608. The number of rotatable bonds is 4. The molecule has 0 unspecified atom stereocenters. The summed E-state index contributed by atoms with van der Waals surface area (Å²) in [5.41, 5.74) is 0.968. The first-order valence-corrected chi connectivity index (χ1v) is 5.69. The number of nitrogens with one attached hydrogen (secondary N) is 1. The zero-order valence-corrected chi connectivity index (χ0v) is 9.37. The van der Waals surface area contributed by atoms with Crippen LogP contribution in [0.3, 0.4) is 0 Å². The van der Waals surface area contributed by atoms with Crippen molar-refractivity contribution in [1.82, 2.24) is 20.3 Å². The van der Waals surface area contributed by atoms with Crippen molar-refractivity contribution >= 4 is 0 Å². The van der Waals surface area contributed by atoms with Crippen LogP contribution in [0.25, 0.3) is 0 Å². The van der Waals surface area contributed by atoms with E-state index < -0.39 is 12.2 Å². The van der Waals surface area contributed by atoms with Crippen molar-refractivity contribution in [1.29, 1.82) is 0 Å². The van der Waals surface area contributed by atoms with Gasteiger partial charge >= 0.3 is 0 Å². The van der Waals surface area contributed by atoms with Gasteiger partial charge in [-0.05, 0) is 6.42 Å². The minimum Gasteiger partial charge on any atom is -0.389 e. The van der Waals surface area contributed by atoms with E-state index >= 15 is 0 Å². The Labute approximate surface area is 94.3 Å². The smallest absolute Gasteiger partial charge is 0.0982 e. The Hall–Kier alpha value is -0.980. The molecule has 6 nitrogen and oxygen atoms in total. The van der Waals surface area contributed by atoms with Crippen LogP contribution in [0.1, 0.15) is 19.0 Å². The summed E-state index contributed by atoms with van der Waals surface area (Å²) in [5, 5.41) is 30.1. The average Bonchev–Trinajstić information content (AvgIpc) is 2.82. The third-order valence-electron chi connectivity index (χ3n) is 2.87. The molecule has 0 amide bonds. The number of hydrogen-bond donors (Lipinski definition) is 3. The Morgan fingerprint density at radius 3 is 3.00 bits per heavy atom. The number of aromatic nitrogens is 3. The molecule has 0 bridgehead atoms. The second kappa shape index (κ2) is 4.90. The molecule has 0 saturated carbocycles. The lowest BCUT2D eigenvalue weighted by molar-refractivity contribution is 0.0372. The average molecular weight is 226 g/mol. The normalized spacial score (nSPS) is 29.8. The zero-order valence-electron chi connectivity index (χ0n) is 9.37. The van der Waals surface area contributed by atoms with Crippen molar-refractivity contribution in [2.75, 3.05) is 6.54 Å². The number of aliphatic hydroxyl groups is 2. The van der Waals surface area contributed by atoms with Gasteiger partial charge in [-0.1, -0.05) is 18.6 Å². The highest BCUT2D eigenvalue weighted by Gasteiger charge is 2.33. The van der Waals surface area contributed by atoms with E-state index in [1.807, 2.05) is 6.20 Å². The van der Waals surface area contributed by atoms with E-state index in [2.05, 4.69) is 22.6 Å². The van der Waals surface area contributed by atoms with E-state index in [1.165, 1.54) is 0 Å². The number of aryl methyl sites for hydroxylation is 1. The van der Waals surface area contributed by atoms with Crippen molar-refractivity contribution in [3.05, 3.63) is 11.9 Å². The summed E-state index contributed by atoms with van der Waals surface area (Å²) in [6.45, 7) is 3.06. The minimum absolute atomic E-state index is 0.147. The Kier molecular flexibility index (Phi) is 3.52. The molecule has 0 spiro atoms. The largest absolute Gasteiger partial charge is 0.389 e. The lowest BCUT2D eigenvalue weighted by Gasteiger charge is -2.15. The molecule has 2 rings (SSSR count). The molecular formula is C10H18N4O2. The first-order valence-electron chi connectivity index (χ1n) is 5.69. The van der Waals surface area contributed by atoms with E-state index in [0.717, 1.165) is 18.5 Å². The highest BCUT2D eigenvalue weighted by Crippen LogP contribution is 2.10. The van der Waals surface area contributed by atoms with Crippen molar-refractivity contribution in [2.24, 2.45) is 0 Å². The Morgan fingerprint density at radius 1 is 1.56 bits per heavy atom. The Bertz CT molecular complexity index is 341. The predicted octanol–water partition coefficient (Wildman–Crippen LogP) is -1.08. The van der Waals surface area contributed by atoms with E-state index in [9.17, 15) is 10.2 Å². The van der Waals surface area contributed by atoms with Crippen LogP contribution in [0.5, 0.6) is 0 Å². The number of nitrogens with zero attached hydrogens (tertiary/aromatic N) is 3. The standard InChI is InChI=1S/C10H18N4O2/c1-2-3-7-5-14(13-12-7)6-8-10(16)9(15)4-11-8/h5,8-11,15-16H,2-4,6H2,1H3/t8-,9-,10+/m1/s1. The molecule has 1 aliphatic heterocycles. The van der Waals surface area contributed by atoms with Crippen molar-refractivity contribution in [2.45, 2.75) is 44.6 Å². The van der Waals surface area contributed by atoms with E-state index in [-0.39, 0.29) is 6.04 Å². The summed E-state index contributed by atoms with van der Waals surface area (Å²) in [6, 6.07) is -0.147. The summed E-state index contributed by atoms with van der Waals surface area (Å²) in [7, 11) is 0. The molecule has 6 heteroatoms. The van der Waals surface area contributed by atoms with Gasteiger partial charge in [0.1, 0.15) is 0 Å². The van der Waals surface area contributed by atoms with Gasteiger partial charge in [0.05, 0.1) is 30.5 Å². The van der Waals surface area contributed by atoms with E-state index in [1.54, 1.807) is 4.68 Å². The molecule has 90 valence electrons. The van der Waals surface area contributed by atoms with E-state index in [0.29, 0.717) is 13.1 Å². The second-order valence-electron chi connectivity index (χ2n) is 4.25. The molecule has 1 aromatic rings. The van der Waals surface area contributed by atoms with Gasteiger partial charge in [-0.15, -0.1) is 5.10 Å². The van der Waals surface area contributed by atoms with Crippen molar-refractivity contribution < 1.29 is 10.2 Å². The maximum atomic E-state index is 9.65. The molecule has 3 atom stereocenters.